The summed E-state index contributed by atoms with van der Waals surface area (Å²) < 4.78 is 6.23. The van der Waals surface area contributed by atoms with Gasteiger partial charge in [-0.15, -0.1) is 0 Å². The number of nitrogens with zero attached hydrogens (tertiary/aromatic N) is 7. The van der Waals surface area contributed by atoms with Gasteiger partial charge in [-0.3, -0.25) is 9.80 Å². The summed E-state index contributed by atoms with van der Waals surface area (Å²) in [4.78, 5) is 22.5. The van der Waals surface area contributed by atoms with E-state index in [2.05, 4.69) is 167 Å². The van der Waals surface area contributed by atoms with E-state index in [1.165, 1.54) is 59.1 Å². The Morgan fingerprint density at radius 3 is 1.44 bits per heavy atom. The zero-order valence-corrected chi connectivity index (χ0v) is 40.5. The summed E-state index contributed by atoms with van der Waals surface area (Å²) in [7, 11) is 6.01. The van der Waals surface area contributed by atoms with Crippen LogP contribution in [0.15, 0.2) is 72.8 Å². The van der Waals surface area contributed by atoms with Crippen molar-refractivity contribution in [2.45, 2.75) is 121 Å². The van der Waals surface area contributed by atoms with E-state index in [0.29, 0.717) is 6.54 Å². The van der Waals surface area contributed by atoms with Crippen LogP contribution in [0.3, 0.4) is 0 Å². The third-order valence-electron chi connectivity index (χ3n) is 15.6. The van der Waals surface area contributed by atoms with Gasteiger partial charge >= 0.3 is 0 Å². The molecule has 0 spiro atoms. The zero-order valence-electron chi connectivity index (χ0n) is 40.5. The molecule has 2 aromatic carbocycles. The molecule has 2 saturated heterocycles. The summed E-state index contributed by atoms with van der Waals surface area (Å²) in [6, 6.07) is 27.1. The number of pyridine rings is 2. The first kappa shape index (κ1) is 45.7. The highest BCUT2D eigenvalue weighted by Gasteiger charge is 2.40. The number of likely N-dealkylation sites (N-methyl/N-ethyl adjacent to an activating group) is 1. The van der Waals surface area contributed by atoms with Crippen LogP contribution in [0.1, 0.15) is 103 Å². The lowest BCUT2D eigenvalue weighted by atomic mass is 9.63. The van der Waals surface area contributed by atoms with Gasteiger partial charge < -0.3 is 24.5 Å². The van der Waals surface area contributed by atoms with E-state index in [9.17, 15) is 5.11 Å². The van der Waals surface area contributed by atoms with Crippen LogP contribution >= 0.6 is 0 Å². The third kappa shape index (κ3) is 9.60. The van der Waals surface area contributed by atoms with Crippen LogP contribution in [0.5, 0.6) is 0 Å². The summed E-state index contributed by atoms with van der Waals surface area (Å²) in [5, 5.41) is 11.9. The van der Waals surface area contributed by atoms with E-state index < -0.39 is 6.10 Å². The molecule has 2 aliphatic heterocycles. The van der Waals surface area contributed by atoms with Crippen LogP contribution in [-0.2, 0) is 26.4 Å². The molecule has 0 bridgehead atoms. The maximum Gasteiger partial charge on any atom is 0.129 e. The third-order valence-corrected chi connectivity index (χ3v) is 15.6. The average Bonchev–Trinajstić information content (AvgIpc) is 3.27. The van der Waals surface area contributed by atoms with E-state index in [0.717, 1.165) is 81.9 Å². The van der Waals surface area contributed by atoms with Crippen molar-refractivity contribution in [1.82, 2.24) is 24.7 Å². The van der Waals surface area contributed by atoms with Crippen molar-refractivity contribution >= 4 is 11.6 Å². The topological polar surface area (TPSA) is 71.4 Å². The fraction of sp³-hybridized carbons (Fsp3) is 0.593. The predicted octanol–water partition coefficient (Wildman–Crippen LogP) is 8.76. The maximum atomic E-state index is 11.9. The minimum Gasteiger partial charge on any atom is -0.389 e. The lowest BCUT2D eigenvalue weighted by Crippen LogP contribution is -2.61. The Kier molecular flexibility index (Phi) is 12.9. The van der Waals surface area contributed by atoms with Gasteiger partial charge in [-0.25, -0.2) is 9.97 Å². The summed E-state index contributed by atoms with van der Waals surface area (Å²) in [5.41, 5.74) is 11.1. The van der Waals surface area contributed by atoms with Crippen LogP contribution in [0, 0.1) is 0 Å². The summed E-state index contributed by atoms with van der Waals surface area (Å²) in [6.45, 7) is 27.5. The number of aliphatic hydroxyl groups excluding tert-OH is 1. The fourth-order valence-electron chi connectivity index (χ4n) is 11.2. The molecular formula is C54H77N7O2. The Bertz CT molecular complexity index is 2220. The molecule has 9 heteroatoms. The van der Waals surface area contributed by atoms with Gasteiger partial charge in [-0.2, -0.15) is 0 Å². The first-order valence-electron chi connectivity index (χ1n) is 23.9. The first-order chi connectivity index (χ1) is 29.8. The van der Waals surface area contributed by atoms with Gasteiger partial charge in [0, 0.05) is 83.7 Å². The highest BCUT2D eigenvalue weighted by Crippen LogP contribution is 2.48. The number of hydrogen-bond donors (Lipinski definition) is 1. The van der Waals surface area contributed by atoms with E-state index in [1.54, 1.807) is 7.11 Å². The fourth-order valence-corrected chi connectivity index (χ4v) is 11.2. The van der Waals surface area contributed by atoms with Crippen molar-refractivity contribution in [2.24, 2.45) is 0 Å². The van der Waals surface area contributed by atoms with Crippen molar-refractivity contribution < 1.29 is 9.84 Å². The minimum absolute atomic E-state index is 0.0537. The van der Waals surface area contributed by atoms with Crippen molar-refractivity contribution in [3.63, 3.8) is 0 Å². The largest absolute Gasteiger partial charge is 0.389 e. The van der Waals surface area contributed by atoms with E-state index in [4.69, 9.17) is 14.7 Å². The van der Waals surface area contributed by atoms with Gasteiger partial charge in [0.2, 0.25) is 0 Å². The van der Waals surface area contributed by atoms with Gasteiger partial charge in [-0.1, -0.05) is 91.8 Å². The molecule has 2 aliphatic carbocycles. The molecule has 3 unspecified atom stereocenters. The van der Waals surface area contributed by atoms with Crippen molar-refractivity contribution in [3.8, 4) is 22.5 Å². The van der Waals surface area contributed by atoms with Gasteiger partial charge in [0.25, 0.3) is 0 Å². The lowest BCUT2D eigenvalue weighted by Gasteiger charge is -2.45. The number of anilines is 2. The number of aromatic nitrogens is 2. The normalized spacial score (nSPS) is 22.3. The van der Waals surface area contributed by atoms with Gasteiger partial charge in [0.15, 0.2) is 0 Å². The van der Waals surface area contributed by atoms with Crippen LogP contribution in [-0.4, -0.2) is 135 Å². The number of methoxy groups -OCH3 is 1. The van der Waals surface area contributed by atoms with Crippen molar-refractivity contribution in [2.75, 3.05) is 96.5 Å². The molecule has 0 saturated carbocycles. The van der Waals surface area contributed by atoms with Crippen molar-refractivity contribution in [3.05, 3.63) is 95.1 Å². The molecule has 63 heavy (non-hydrogen) atoms. The number of benzene rings is 2. The Labute approximate surface area is 379 Å². The molecule has 2 aromatic heterocycles. The molecular weight excluding hydrogens is 779 g/mol. The second kappa shape index (κ2) is 17.8. The smallest absolute Gasteiger partial charge is 0.129 e. The number of ether oxygens (including phenoxy) is 1. The summed E-state index contributed by atoms with van der Waals surface area (Å²) >= 11 is 0. The molecule has 1 N–H and O–H groups in total. The summed E-state index contributed by atoms with van der Waals surface area (Å²) in [6.07, 6.45) is 3.89. The maximum absolute atomic E-state index is 11.9. The number of aliphatic hydroxyl groups is 1. The number of rotatable bonds is 12. The Morgan fingerprint density at radius 1 is 0.587 bits per heavy atom. The standard InChI is InChI=1S/C54H77N7O2/c1-51(2)22-24-53(5,6)42-34-38(18-20-40(42)51)44-14-12-16-48(55-44)60-28-26-58(27-29-60)37-47(62)50(63-11)46(36-57(9)10)59-30-32-61(33-31-59)49-17-13-15-45(56-49)39-19-21-41-43(35-39)54(7,8)25-23-52(41,3)4/h12-21,34-35,46-47,50,62H,22-33,36-37H2,1-11H3. The Hall–Kier alpha value is -3.86. The highest BCUT2D eigenvalue weighted by atomic mass is 16.5. The van der Waals surface area contributed by atoms with E-state index in [-0.39, 0.29) is 33.8 Å². The minimum atomic E-state index is -0.616. The molecule has 0 radical (unpaired) electrons. The average molecular weight is 856 g/mol. The van der Waals surface area contributed by atoms with Crippen LogP contribution in [0.4, 0.5) is 11.6 Å². The van der Waals surface area contributed by atoms with Gasteiger partial charge in [-0.05, 0) is 120 Å². The first-order valence-corrected chi connectivity index (χ1v) is 23.9. The van der Waals surface area contributed by atoms with Crippen LogP contribution in [0.25, 0.3) is 22.5 Å². The highest BCUT2D eigenvalue weighted by molar-refractivity contribution is 5.66. The second-order valence-corrected chi connectivity index (χ2v) is 22.2. The molecule has 340 valence electrons. The molecule has 4 heterocycles. The molecule has 8 rings (SSSR count). The second-order valence-electron chi connectivity index (χ2n) is 22.2. The van der Waals surface area contributed by atoms with E-state index >= 15 is 0 Å². The van der Waals surface area contributed by atoms with Crippen molar-refractivity contribution in [1.29, 1.82) is 0 Å². The molecule has 4 aromatic rings. The molecule has 2 fully saturated rings. The zero-order chi connectivity index (χ0) is 44.9. The Balaban J connectivity index is 0.884. The molecule has 3 atom stereocenters. The lowest BCUT2D eigenvalue weighted by molar-refractivity contribution is -0.0783. The van der Waals surface area contributed by atoms with Crippen LogP contribution < -0.4 is 9.80 Å². The molecule has 9 nitrogen and oxygen atoms in total. The molecule has 0 amide bonds. The quantitative estimate of drug-likeness (QED) is 0.151. The number of β-amino-alcohol motifs (C(OH)–C–C–N with tert-alkyl or cyclic N) is 1. The Morgan fingerprint density at radius 2 is 1.02 bits per heavy atom. The predicted molar refractivity (Wildman–Crippen MR) is 262 cm³/mol. The van der Waals surface area contributed by atoms with Gasteiger partial charge in [0.1, 0.15) is 17.7 Å². The monoisotopic (exact) mass is 856 g/mol. The molecule has 4 aliphatic rings. The number of hydrogen-bond acceptors (Lipinski definition) is 9. The van der Waals surface area contributed by atoms with E-state index in [1.807, 2.05) is 0 Å². The van der Waals surface area contributed by atoms with Gasteiger partial charge in [0.05, 0.1) is 23.5 Å². The van der Waals surface area contributed by atoms with Crippen LogP contribution in [0.2, 0.25) is 0 Å². The summed E-state index contributed by atoms with van der Waals surface area (Å²) in [5.74, 6) is 2.06. The number of fused-ring (bicyclic) bond motifs is 2. The SMILES string of the molecule is COC(C(O)CN1CCN(c2cccc(-c3ccc4c(c3)C(C)(C)CCC4(C)C)n2)CC1)C(CN(C)C)N1CCN(c2cccc(-c3ccc4c(c3)C(C)(C)CCC4(C)C)n2)CC1. The number of piperazine rings is 2.